The van der Waals surface area contributed by atoms with Crippen molar-refractivity contribution in [2.24, 2.45) is 0 Å². The Morgan fingerprint density at radius 2 is 1.76 bits per heavy atom. The van der Waals surface area contributed by atoms with Gasteiger partial charge in [0, 0.05) is 35.7 Å². The highest BCUT2D eigenvalue weighted by molar-refractivity contribution is 6.31. The number of halogens is 1. The van der Waals surface area contributed by atoms with Crippen LogP contribution in [0.4, 0.5) is 11.4 Å². The predicted octanol–water partition coefficient (Wildman–Crippen LogP) is 4.48. The molecule has 2 aromatic carbocycles. The summed E-state index contributed by atoms with van der Waals surface area (Å²) in [5.41, 5.74) is 2.11. The molecule has 0 saturated heterocycles. The molecule has 1 amide bonds. The van der Waals surface area contributed by atoms with Crippen molar-refractivity contribution < 1.29 is 9.72 Å². The molecular weight excluding hydrogens is 394 g/mol. The smallest absolute Gasteiger partial charge is 0.276 e. The van der Waals surface area contributed by atoms with E-state index in [0.29, 0.717) is 16.4 Å². The SMILES string of the molecule is O=C(Nc1ccc(Cl)cc1-n1cccc1)c1ccn(-c2ccc([N+](=O)[O-])cc2)n1. The van der Waals surface area contributed by atoms with E-state index in [1.807, 2.05) is 29.1 Å². The number of benzene rings is 2. The highest BCUT2D eigenvalue weighted by Crippen LogP contribution is 2.25. The molecule has 0 fully saturated rings. The van der Waals surface area contributed by atoms with Crippen molar-refractivity contribution in [2.75, 3.05) is 5.32 Å². The first kappa shape index (κ1) is 18.5. The second-order valence-electron chi connectivity index (χ2n) is 6.12. The van der Waals surface area contributed by atoms with Crippen LogP contribution in [0.5, 0.6) is 0 Å². The lowest BCUT2D eigenvalue weighted by Crippen LogP contribution is -2.14. The van der Waals surface area contributed by atoms with Crippen LogP contribution in [0.1, 0.15) is 10.5 Å². The molecule has 0 unspecified atom stereocenters. The zero-order valence-corrected chi connectivity index (χ0v) is 15.7. The maximum absolute atomic E-state index is 12.7. The number of carbonyl (C=O) groups is 1. The largest absolute Gasteiger partial charge is 0.322 e. The zero-order chi connectivity index (χ0) is 20.4. The third-order valence-corrected chi connectivity index (χ3v) is 4.47. The van der Waals surface area contributed by atoms with Crippen LogP contribution in [0, 0.1) is 10.1 Å². The lowest BCUT2D eigenvalue weighted by Gasteiger charge is -2.12. The molecule has 0 aliphatic heterocycles. The van der Waals surface area contributed by atoms with E-state index in [1.165, 1.54) is 16.8 Å². The fraction of sp³-hybridized carbons (Fsp3) is 0. The Hall–Kier alpha value is -3.91. The Kier molecular flexibility index (Phi) is 4.84. The van der Waals surface area contributed by atoms with Gasteiger partial charge in [-0.15, -0.1) is 0 Å². The van der Waals surface area contributed by atoms with Gasteiger partial charge in [0.1, 0.15) is 0 Å². The van der Waals surface area contributed by atoms with Crippen molar-refractivity contribution in [1.82, 2.24) is 14.3 Å². The van der Waals surface area contributed by atoms with Crippen LogP contribution in [-0.4, -0.2) is 25.2 Å². The van der Waals surface area contributed by atoms with Gasteiger partial charge < -0.3 is 9.88 Å². The molecule has 0 radical (unpaired) electrons. The first-order valence-electron chi connectivity index (χ1n) is 8.56. The number of nitrogens with one attached hydrogen (secondary N) is 1. The van der Waals surface area contributed by atoms with Crippen LogP contribution in [0.15, 0.2) is 79.3 Å². The lowest BCUT2D eigenvalue weighted by atomic mass is 10.2. The van der Waals surface area contributed by atoms with Crippen molar-refractivity contribution in [3.05, 3.63) is 100 Å². The van der Waals surface area contributed by atoms with Crippen molar-refractivity contribution in [3.63, 3.8) is 0 Å². The van der Waals surface area contributed by atoms with Gasteiger partial charge in [0.25, 0.3) is 11.6 Å². The molecule has 0 aliphatic rings. The summed E-state index contributed by atoms with van der Waals surface area (Å²) in [5, 5.41) is 18.4. The molecule has 0 saturated carbocycles. The van der Waals surface area contributed by atoms with Gasteiger partial charge in [-0.05, 0) is 48.5 Å². The summed E-state index contributed by atoms with van der Waals surface area (Å²) in [4.78, 5) is 23.0. The Morgan fingerprint density at radius 1 is 1.03 bits per heavy atom. The number of nitrogens with zero attached hydrogens (tertiary/aromatic N) is 4. The van der Waals surface area contributed by atoms with Crippen LogP contribution in [0.3, 0.4) is 0 Å². The number of hydrogen-bond donors (Lipinski definition) is 1. The molecule has 0 spiro atoms. The predicted molar refractivity (Wildman–Crippen MR) is 109 cm³/mol. The zero-order valence-electron chi connectivity index (χ0n) is 14.9. The number of nitro groups is 1. The third kappa shape index (κ3) is 3.87. The molecule has 4 aromatic rings. The van der Waals surface area contributed by atoms with Crippen molar-refractivity contribution in [1.29, 1.82) is 0 Å². The summed E-state index contributed by atoms with van der Waals surface area (Å²) in [7, 11) is 0. The second kappa shape index (κ2) is 7.61. The molecule has 2 aromatic heterocycles. The number of aromatic nitrogens is 3. The molecule has 4 rings (SSSR count). The first-order valence-corrected chi connectivity index (χ1v) is 8.94. The van der Waals surface area contributed by atoms with Crippen molar-refractivity contribution >= 4 is 28.9 Å². The minimum atomic E-state index is -0.472. The van der Waals surface area contributed by atoms with Gasteiger partial charge in [-0.3, -0.25) is 14.9 Å². The van der Waals surface area contributed by atoms with E-state index in [9.17, 15) is 14.9 Å². The summed E-state index contributed by atoms with van der Waals surface area (Å²) in [6, 6.07) is 16.4. The Bertz CT molecular complexity index is 1180. The fourth-order valence-electron chi connectivity index (χ4n) is 2.82. The van der Waals surface area contributed by atoms with Gasteiger partial charge in [-0.25, -0.2) is 4.68 Å². The molecule has 1 N–H and O–H groups in total. The first-order chi connectivity index (χ1) is 14.0. The number of hydrogen-bond acceptors (Lipinski definition) is 4. The average molecular weight is 408 g/mol. The molecule has 144 valence electrons. The van der Waals surface area contributed by atoms with Crippen LogP contribution >= 0.6 is 11.6 Å². The molecule has 0 aliphatic carbocycles. The van der Waals surface area contributed by atoms with Crippen LogP contribution in [0.2, 0.25) is 5.02 Å². The Morgan fingerprint density at radius 3 is 2.45 bits per heavy atom. The van der Waals surface area contributed by atoms with Gasteiger partial charge in [-0.2, -0.15) is 5.10 Å². The second-order valence-corrected chi connectivity index (χ2v) is 6.56. The third-order valence-electron chi connectivity index (χ3n) is 4.24. The standard InChI is InChI=1S/C20H14ClN5O3/c21-14-3-8-17(19(13-14)24-10-1-2-11-24)22-20(27)18-9-12-25(23-18)15-4-6-16(7-5-15)26(28)29/h1-13H,(H,22,27). The Labute approximate surface area is 170 Å². The van der Waals surface area contributed by atoms with E-state index < -0.39 is 4.92 Å². The maximum atomic E-state index is 12.7. The van der Waals surface area contributed by atoms with Gasteiger partial charge >= 0.3 is 0 Å². The molecule has 2 heterocycles. The molecular formula is C20H14ClN5O3. The lowest BCUT2D eigenvalue weighted by molar-refractivity contribution is -0.384. The van der Waals surface area contributed by atoms with Crippen molar-refractivity contribution in [2.45, 2.75) is 0 Å². The van der Waals surface area contributed by atoms with Crippen LogP contribution in [-0.2, 0) is 0 Å². The topological polar surface area (TPSA) is 95.0 Å². The van der Waals surface area contributed by atoms with Gasteiger partial charge in [0.15, 0.2) is 5.69 Å². The van der Waals surface area contributed by atoms with E-state index in [1.54, 1.807) is 42.6 Å². The summed E-state index contributed by atoms with van der Waals surface area (Å²) in [6.45, 7) is 0. The number of carbonyl (C=O) groups excluding carboxylic acids is 1. The highest BCUT2D eigenvalue weighted by atomic mass is 35.5. The van der Waals surface area contributed by atoms with Gasteiger partial charge in [-0.1, -0.05) is 11.6 Å². The summed E-state index contributed by atoms with van der Waals surface area (Å²) in [6.07, 6.45) is 5.32. The summed E-state index contributed by atoms with van der Waals surface area (Å²) < 4.78 is 3.32. The summed E-state index contributed by atoms with van der Waals surface area (Å²) in [5.74, 6) is -0.388. The van der Waals surface area contributed by atoms with E-state index in [4.69, 9.17) is 11.6 Å². The normalized spacial score (nSPS) is 10.7. The van der Waals surface area contributed by atoms with E-state index in [2.05, 4.69) is 10.4 Å². The number of amides is 1. The fourth-order valence-corrected chi connectivity index (χ4v) is 2.99. The number of non-ortho nitro benzene ring substituents is 1. The quantitative estimate of drug-likeness (QED) is 0.390. The number of nitro benzene ring substituents is 1. The molecule has 9 heteroatoms. The van der Waals surface area contributed by atoms with Gasteiger partial charge in [0.05, 0.1) is 22.0 Å². The highest BCUT2D eigenvalue weighted by Gasteiger charge is 2.14. The van der Waals surface area contributed by atoms with E-state index in [0.717, 1.165) is 5.69 Å². The molecule has 0 atom stereocenters. The minimum Gasteiger partial charge on any atom is -0.322 e. The Balaban J connectivity index is 1.57. The van der Waals surface area contributed by atoms with Gasteiger partial charge in [0.2, 0.25) is 0 Å². The molecule has 0 bridgehead atoms. The maximum Gasteiger partial charge on any atom is 0.276 e. The average Bonchev–Trinajstić information content (AvgIpc) is 3.41. The summed E-state index contributed by atoms with van der Waals surface area (Å²) >= 11 is 6.11. The number of rotatable bonds is 5. The van der Waals surface area contributed by atoms with Crippen LogP contribution in [0.25, 0.3) is 11.4 Å². The van der Waals surface area contributed by atoms with E-state index in [-0.39, 0.29) is 17.3 Å². The minimum absolute atomic E-state index is 0.0147. The monoisotopic (exact) mass is 407 g/mol. The van der Waals surface area contributed by atoms with E-state index >= 15 is 0 Å². The number of anilines is 1. The molecule has 29 heavy (non-hydrogen) atoms. The van der Waals surface area contributed by atoms with Crippen molar-refractivity contribution in [3.8, 4) is 11.4 Å². The van der Waals surface area contributed by atoms with Crippen LogP contribution < -0.4 is 5.32 Å². The molecule has 8 nitrogen and oxygen atoms in total.